The predicted molar refractivity (Wildman–Crippen MR) is 83.3 cm³/mol. The minimum atomic E-state index is -3.57. The van der Waals surface area contributed by atoms with Gasteiger partial charge in [0.15, 0.2) is 0 Å². The molecule has 0 saturated carbocycles. The van der Waals surface area contributed by atoms with Gasteiger partial charge in [0, 0.05) is 19.5 Å². The molecule has 0 aliphatic heterocycles. The molecule has 0 unspecified atom stereocenters. The van der Waals surface area contributed by atoms with Gasteiger partial charge in [0.2, 0.25) is 10.0 Å². The van der Waals surface area contributed by atoms with E-state index in [1.54, 1.807) is 25.6 Å². The highest BCUT2D eigenvalue weighted by molar-refractivity contribution is 7.89. The molecule has 0 atom stereocenters. The summed E-state index contributed by atoms with van der Waals surface area (Å²) in [7, 11) is -2.02. The van der Waals surface area contributed by atoms with Gasteiger partial charge >= 0.3 is 0 Å². The van der Waals surface area contributed by atoms with Crippen LogP contribution < -0.4 is 0 Å². The molecule has 1 heterocycles. The van der Waals surface area contributed by atoms with Crippen molar-refractivity contribution < 1.29 is 13.2 Å². The summed E-state index contributed by atoms with van der Waals surface area (Å²) in [5.41, 5.74) is 1.11. The molecule has 1 rings (SSSR count). The molecule has 0 aliphatic carbocycles. The van der Waals surface area contributed by atoms with Crippen LogP contribution in [0.5, 0.6) is 0 Å². The number of ether oxygens (including phenoxy) is 1. The fourth-order valence-electron chi connectivity index (χ4n) is 2.04. The van der Waals surface area contributed by atoms with Gasteiger partial charge in [0.25, 0.3) is 0 Å². The molecular weight excluding hydrogens is 314 g/mol. The van der Waals surface area contributed by atoms with Crippen molar-refractivity contribution >= 4 is 21.6 Å². The lowest BCUT2D eigenvalue weighted by atomic mass is 10.4. The molecular formula is C13H24ClN3O3S. The minimum absolute atomic E-state index is 0.0797. The maximum Gasteiger partial charge on any atom is 0.246 e. The summed E-state index contributed by atoms with van der Waals surface area (Å²) in [4.78, 5) is 0.264. The molecule has 6 nitrogen and oxygen atoms in total. The van der Waals surface area contributed by atoms with E-state index in [-0.39, 0.29) is 11.0 Å². The van der Waals surface area contributed by atoms with Crippen LogP contribution >= 0.6 is 11.6 Å². The second-order valence-electron chi connectivity index (χ2n) is 5.16. The third kappa shape index (κ3) is 4.42. The van der Waals surface area contributed by atoms with Crippen molar-refractivity contribution in [3.63, 3.8) is 0 Å². The minimum Gasteiger partial charge on any atom is -0.377 e. The van der Waals surface area contributed by atoms with Crippen LogP contribution in [0.3, 0.4) is 0 Å². The molecule has 0 bridgehead atoms. The van der Waals surface area contributed by atoms with E-state index in [1.165, 1.54) is 4.31 Å². The third-order valence-electron chi connectivity index (χ3n) is 3.14. The maximum absolute atomic E-state index is 12.7. The van der Waals surface area contributed by atoms with Crippen molar-refractivity contribution in [3.05, 3.63) is 11.4 Å². The Morgan fingerprint density at radius 3 is 2.52 bits per heavy atom. The first-order valence-corrected chi connectivity index (χ1v) is 8.87. The smallest absolute Gasteiger partial charge is 0.246 e. The van der Waals surface area contributed by atoms with Gasteiger partial charge in [-0.15, -0.1) is 11.6 Å². The number of hydrogen-bond donors (Lipinski definition) is 0. The lowest BCUT2D eigenvalue weighted by Gasteiger charge is -2.18. The summed E-state index contributed by atoms with van der Waals surface area (Å²) >= 11 is 5.71. The number of hydrogen-bond acceptors (Lipinski definition) is 4. The van der Waals surface area contributed by atoms with Gasteiger partial charge in [-0.05, 0) is 27.7 Å². The molecule has 0 aliphatic rings. The molecule has 0 N–H and O–H groups in total. The molecule has 1 aromatic rings. The van der Waals surface area contributed by atoms with Gasteiger partial charge in [-0.2, -0.15) is 9.40 Å². The summed E-state index contributed by atoms with van der Waals surface area (Å²) in [6.07, 6.45) is 0.0797. The number of nitrogens with zero attached hydrogens (tertiary/aromatic N) is 3. The molecule has 122 valence electrons. The van der Waals surface area contributed by atoms with Crippen LogP contribution in [0.4, 0.5) is 0 Å². The first kappa shape index (κ1) is 18.4. The Hall–Kier alpha value is -0.630. The Kier molecular flexibility index (Phi) is 6.65. The van der Waals surface area contributed by atoms with Crippen molar-refractivity contribution in [2.45, 2.75) is 45.2 Å². The molecule has 0 fully saturated rings. The van der Waals surface area contributed by atoms with Gasteiger partial charge < -0.3 is 4.74 Å². The number of aryl methyl sites for hydroxylation is 2. The number of halogens is 1. The zero-order valence-corrected chi connectivity index (χ0v) is 14.8. The fraction of sp³-hybridized carbons (Fsp3) is 0.769. The summed E-state index contributed by atoms with van der Waals surface area (Å²) in [5.74, 6) is 0.388. The Balaban J connectivity index is 2.97. The molecule has 0 saturated heterocycles. The van der Waals surface area contributed by atoms with E-state index in [0.717, 1.165) is 0 Å². The first-order valence-electron chi connectivity index (χ1n) is 6.89. The average molecular weight is 338 g/mol. The zero-order chi connectivity index (χ0) is 16.2. The summed E-state index contributed by atoms with van der Waals surface area (Å²) in [5, 5.41) is 4.25. The molecule has 0 amide bonds. The number of sulfonamides is 1. The van der Waals surface area contributed by atoms with E-state index in [2.05, 4.69) is 5.10 Å². The zero-order valence-electron chi connectivity index (χ0n) is 13.3. The van der Waals surface area contributed by atoms with E-state index < -0.39 is 10.0 Å². The second-order valence-corrected chi connectivity index (χ2v) is 7.52. The highest BCUT2D eigenvalue weighted by Gasteiger charge is 2.28. The van der Waals surface area contributed by atoms with E-state index in [1.807, 2.05) is 13.8 Å². The largest absolute Gasteiger partial charge is 0.377 e. The lowest BCUT2D eigenvalue weighted by molar-refractivity contribution is 0.0737. The maximum atomic E-state index is 12.7. The van der Waals surface area contributed by atoms with Gasteiger partial charge in [-0.25, -0.2) is 8.42 Å². The van der Waals surface area contributed by atoms with Gasteiger partial charge in [-0.1, -0.05) is 0 Å². The average Bonchev–Trinajstić information content (AvgIpc) is 2.64. The molecule has 8 heteroatoms. The highest BCUT2D eigenvalue weighted by atomic mass is 35.5. The Bertz CT molecular complexity index is 569. The van der Waals surface area contributed by atoms with E-state index in [9.17, 15) is 8.42 Å². The molecule has 21 heavy (non-hydrogen) atoms. The van der Waals surface area contributed by atoms with Gasteiger partial charge in [0.05, 0.1) is 30.6 Å². The van der Waals surface area contributed by atoms with Gasteiger partial charge in [0.1, 0.15) is 4.90 Å². The summed E-state index contributed by atoms with van der Waals surface area (Å²) in [6, 6.07) is 0. The molecule has 0 aromatic carbocycles. The predicted octanol–water partition coefficient (Wildman–Crippen LogP) is 1.78. The van der Waals surface area contributed by atoms with Crippen molar-refractivity contribution in [1.29, 1.82) is 0 Å². The Morgan fingerprint density at radius 2 is 2.00 bits per heavy atom. The number of rotatable bonds is 8. The molecule has 0 radical (unpaired) electrons. The first-order chi connectivity index (χ1) is 9.71. The Morgan fingerprint density at radius 1 is 1.38 bits per heavy atom. The van der Waals surface area contributed by atoms with E-state index in [0.29, 0.717) is 37.0 Å². The standard InChI is InChI=1S/C13H24ClN3O3S/c1-10(2)20-9-8-16(5)21(18,19)13-11(3)15-17(7-6-14)12(13)4/h10H,6-9H2,1-5H3. The number of alkyl halides is 1. The number of aromatic nitrogens is 2. The summed E-state index contributed by atoms with van der Waals surface area (Å²) < 4.78 is 33.6. The quantitative estimate of drug-likeness (QED) is 0.678. The van der Waals surface area contributed by atoms with Crippen LogP contribution in [-0.4, -0.2) is 54.7 Å². The van der Waals surface area contributed by atoms with Crippen molar-refractivity contribution in [2.75, 3.05) is 26.1 Å². The lowest BCUT2D eigenvalue weighted by Crippen LogP contribution is -2.31. The monoisotopic (exact) mass is 337 g/mol. The highest BCUT2D eigenvalue weighted by Crippen LogP contribution is 2.22. The SMILES string of the molecule is Cc1nn(CCCl)c(C)c1S(=O)(=O)N(C)CCOC(C)C. The summed E-state index contributed by atoms with van der Waals surface area (Å²) in [6.45, 7) is 8.43. The van der Waals surface area contributed by atoms with E-state index >= 15 is 0 Å². The third-order valence-corrected chi connectivity index (χ3v) is 5.42. The second kappa shape index (κ2) is 7.58. The van der Waals surface area contributed by atoms with Crippen molar-refractivity contribution in [3.8, 4) is 0 Å². The molecule has 1 aromatic heterocycles. The topological polar surface area (TPSA) is 64.4 Å². The molecule has 0 spiro atoms. The van der Waals surface area contributed by atoms with Crippen LogP contribution in [0.2, 0.25) is 0 Å². The number of likely N-dealkylation sites (N-methyl/N-ethyl adjacent to an activating group) is 1. The normalized spacial score (nSPS) is 12.6. The van der Waals surface area contributed by atoms with Crippen LogP contribution in [0.1, 0.15) is 25.2 Å². The van der Waals surface area contributed by atoms with Crippen LogP contribution in [0, 0.1) is 13.8 Å². The van der Waals surface area contributed by atoms with Crippen LogP contribution in [0.15, 0.2) is 4.90 Å². The van der Waals surface area contributed by atoms with Crippen LogP contribution in [0.25, 0.3) is 0 Å². The van der Waals surface area contributed by atoms with Crippen molar-refractivity contribution in [2.24, 2.45) is 0 Å². The fourth-order valence-corrected chi connectivity index (χ4v) is 3.72. The van der Waals surface area contributed by atoms with Crippen LogP contribution in [-0.2, 0) is 21.3 Å². The van der Waals surface area contributed by atoms with Crippen molar-refractivity contribution in [1.82, 2.24) is 14.1 Å². The van der Waals surface area contributed by atoms with Gasteiger partial charge in [-0.3, -0.25) is 4.68 Å². The Labute approximate surface area is 132 Å². The van der Waals surface area contributed by atoms with E-state index in [4.69, 9.17) is 16.3 Å².